The molecule has 1 atom stereocenters. The van der Waals surface area contributed by atoms with Gasteiger partial charge in [0, 0.05) is 12.1 Å². The molecule has 0 aromatic carbocycles. The first-order valence-electron chi connectivity index (χ1n) is 9.11. The molecule has 3 aliphatic rings. The zero-order valence-electron chi connectivity index (χ0n) is 13.2. The summed E-state index contributed by atoms with van der Waals surface area (Å²) in [6.45, 7) is 8.03. The molecule has 0 aliphatic carbocycles. The summed E-state index contributed by atoms with van der Waals surface area (Å²) in [6.07, 6.45) is 12.8. The Balaban J connectivity index is 1.29. The summed E-state index contributed by atoms with van der Waals surface area (Å²) >= 11 is 0. The molecule has 0 bridgehead atoms. The molecule has 3 heterocycles. The molecule has 0 aromatic rings. The fraction of sp³-hybridized carbons (Fsp3) is 1.00. The van der Waals surface area contributed by atoms with Gasteiger partial charge in [-0.25, -0.2) is 0 Å². The highest BCUT2D eigenvalue weighted by molar-refractivity contribution is 4.82. The highest BCUT2D eigenvalue weighted by atomic mass is 15.2. The fourth-order valence-corrected chi connectivity index (χ4v) is 4.36. The molecule has 116 valence electrons. The number of likely N-dealkylation sites (tertiary alicyclic amines) is 2. The first-order valence-corrected chi connectivity index (χ1v) is 9.11. The van der Waals surface area contributed by atoms with Crippen molar-refractivity contribution in [1.82, 2.24) is 15.1 Å². The van der Waals surface area contributed by atoms with Gasteiger partial charge in [-0.3, -0.25) is 0 Å². The third-order valence-corrected chi connectivity index (χ3v) is 5.65. The highest BCUT2D eigenvalue weighted by Gasteiger charge is 2.25. The number of hydrogen-bond acceptors (Lipinski definition) is 3. The van der Waals surface area contributed by atoms with Gasteiger partial charge >= 0.3 is 0 Å². The Hall–Kier alpha value is -0.120. The van der Waals surface area contributed by atoms with Crippen LogP contribution in [0.1, 0.15) is 57.8 Å². The molecule has 3 fully saturated rings. The number of rotatable bonds is 5. The van der Waals surface area contributed by atoms with Crippen LogP contribution in [0.4, 0.5) is 0 Å². The Labute approximate surface area is 125 Å². The molecule has 0 spiro atoms. The van der Waals surface area contributed by atoms with E-state index in [1.54, 1.807) is 0 Å². The number of piperidine rings is 2. The van der Waals surface area contributed by atoms with Crippen molar-refractivity contribution >= 4 is 0 Å². The molecule has 0 saturated carbocycles. The molecule has 3 nitrogen and oxygen atoms in total. The lowest BCUT2D eigenvalue weighted by molar-refractivity contribution is 0.0916. The van der Waals surface area contributed by atoms with E-state index < -0.39 is 0 Å². The lowest BCUT2D eigenvalue weighted by atomic mass is 9.99. The monoisotopic (exact) mass is 279 g/mol. The zero-order valence-corrected chi connectivity index (χ0v) is 13.2. The normalized spacial score (nSPS) is 30.9. The van der Waals surface area contributed by atoms with Crippen molar-refractivity contribution in [2.75, 3.05) is 39.3 Å². The number of nitrogens with one attached hydrogen (secondary N) is 1. The lowest BCUT2D eigenvalue weighted by Crippen LogP contribution is -2.46. The number of hydrogen-bond donors (Lipinski definition) is 1. The van der Waals surface area contributed by atoms with Crippen molar-refractivity contribution in [3.05, 3.63) is 0 Å². The van der Waals surface area contributed by atoms with Gasteiger partial charge in [0.2, 0.25) is 0 Å². The van der Waals surface area contributed by atoms with E-state index >= 15 is 0 Å². The summed E-state index contributed by atoms with van der Waals surface area (Å²) in [5.41, 5.74) is 0. The average molecular weight is 279 g/mol. The van der Waals surface area contributed by atoms with Crippen LogP contribution in [-0.2, 0) is 0 Å². The first kappa shape index (κ1) is 14.8. The molecule has 3 heteroatoms. The summed E-state index contributed by atoms with van der Waals surface area (Å²) < 4.78 is 0. The van der Waals surface area contributed by atoms with E-state index in [-0.39, 0.29) is 0 Å². The average Bonchev–Trinajstić information content (AvgIpc) is 3.02. The van der Waals surface area contributed by atoms with Crippen molar-refractivity contribution in [1.29, 1.82) is 0 Å². The minimum absolute atomic E-state index is 0.834. The third kappa shape index (κ3) is 4.19. The predicted octanol–water partition coefficient (Wildman–Crippen LogP) is 2.47. The fourth-order valence-electron chi connectivity index (χ4n) is 4.36. The molecular weight excluding hydrogens is 246 g/mol. The molecule has 3 saturated heterocycles. The van der Waals surface area contributed by atoms with E-state index in [4.69, 9.17) is 0 Å². The van der Waals surface area contributed by atoms with E-state index in [1.165, 1.54) is 97.1 Å². The third-order valence-electron chi connectivity index (χ3n) is 5.65. The van der Waals surface area contributed by atoms with Gasteiger partial charge < -0.3 is 15.1 Å². The van der Waals surface area contributed by atoms with E-state index in [2.05, 4.69) is 15.1 Å². The van der Waals surface area contributed by atoms with Gasteiger partial charge in [0.05, 0.1) is 0 Å². The molecule has 0 aromatic heterocycles. The van der Waals surface area contributed by atoms with Crippen LogP contribution in [0.5, 0.6) is 0 Å². The van der Waals surface area contributed by atoms with Crippen LogP contribution in [0, 0.1) is 0 Å². The van der Waals surface area contributed by atoms with E-state index in [1.807, 2.05) is 0 Å². The van der Waals surface area contributed by atoms with Gasteiger partial charge in [0.15, 0.2) is 0 Å². The van der Waals surface area contributed by atoms with Crippen LogP contribution in [0.25, 0.3) is 0 Å². The maximum absolute atomic E-state index is 3.62. The Kier molecular flexibility index (Phi) is 5.75. The second-order valence-corrected chi connectivity index (χ2v) is 7.10. The second kappa shape index (κ2) is 7.77. The number of nitrogens with zero attached hydrogens (tertiary/aromatic N) is 2. The minimum Gasteiger partial charge on any atom is -0.314 e. The molecule has 3 aliphatic heterocycles. The highest BCUT2D eigenvalue weighted by Crippen LogP contribution is 2.21. The largest absolute Gasteiger partial charge is 0.314 e. The van der Waals surface area contributed by atoms with Crippen LogP contribution < -0.4 is 5.32 Å². The Bertz CT molecular complexity index is 261. The van der Waals surface area contributed by atoms with Crippen LogP contribution in [0.2, 0.25) is 0 Å². The Morgan fingerprint density at radius 2 is 1.65 bits per heavy atom. The Morgan fingerprint density at radius 1 is 0.850 bits per heavy atom. The van der Waals surface area contributed by atoms with Crippen molar-refractivity contribution in [2.45, 2.75) is 69.9 Å². The maximum atomic E-state index is 3.62. The van der Waals surface area contributed by atoms with E-state index in [0.29, 0.717) is 0 Å². The van der Waals surface area contributed by atoms with Crippen molar-refractivity contribution in [3.63, 3.8) is 0 Å². The SMILES string of the molecule is C1CCN(C2CCN(CCCC3CCCN3)CC2)CC1. The van der Waals surface area contributed by atoms with Gasteiger partial charge in [-0.15, -0.1) is 0 Å². The summed E-state index contributed by atoms with van der Waals surface area (Å²) in [6, 6.07) is 1.74. The van der Waals surface area contributed by atoms with Crippen LogP contribution >= 0.6 is 0 Å². The summed E-state index contributed by atoms with van der Waals surface area (Å²) in [5.74, 6) is 0. The molecule has 1 unspecified atom stereocenters. The van der Waals surface area contributed by atoms with Gasteiger partial charge in [-0.05, 0) is 90.6 Å². The Morgan fingerprint density at radius 3 is 2.35 bits per heavy atom. The van der Waals surface area contributed by atoms with Gasteiger partial charge in [-0.2, -0.15) is 0 Å². The summed E-state index contributed by atoms with van der Waals surface area (Å²) in [7, 11) is 0. The smallest absolute Gasteiger partial charge is 0.0120 e. The van der Waals surface area contributed by atoms with Gasteiger partial charge in [0.1, 0.15) is 0 Å². The molecule has 3 rings (SSSR count). The second-order valence-electron chi connectivity index (χ2n) is 7.10. The van der Waals surface area contributed by atoms with Crippen LogP contribution in [0.3, 0.4) is 0 Å². The molecule has 1 N–H and O–H groups in total. The van der Waals surface area contributed by atoms with Crippen molar-refractivity contribution in [2.24, 2.45) is 0 Å². The van der Waals surface area contributed by atoms with Crippen LogP contribution in [-0.4, -0.2) is 61.2 Å². The van der Waals surface area contributed by atoms with Crippen molar-refractivity contribution in [3.8, 4) is 0 Å². The molecule has 0 amide bonds. The predicted molar refractivity (Wildman–Crippen MR) is 85.1 cm³/mol. The van der Waals surface area contributed by atoms with E-state index in [9.17, 15) is 0 Å². The van der Waals surface area contributed by atoms with Gasteiger partial charge in [-0.1, -0.05) is 6.42 Å². The summed E-state index contributed by atoms with van der Waals surface area (Å²) in [5, 5.41) is 3.62. The summed E-state index contributed by atoms with van der Waals surface area (Å²) in [4.78, 5) is 5.50. The molecule has 0 radical (unpaired) electrons. The first-order chi connectivity index (χ1) is 9.92. The van der Waals surface area contributed by atoms with E-state index in [0.717, 1.165) is 12.1 Å². The molecule has 20 heavy (non-hydrogen) atoms. The maximum Gasteiger partial charge on any atom is 0.0120 e. The quantitative estimate of drug-likeness (QED) is 0.834. The molecular formula is C17H33N3. The zero-order chi connectivity index (χ0) is 13.6. The topological polar surface area (TPSA) is 18.5 Å². The lowest BCUT2D eigenvalue weighted by Gasteiger charge is -2.40. The standard InChI is InChI=1S/C17H33N3/c1-2-12-20(13-3-1)17-8-14-19(15-9-17)11-5-7-16-6-4-10-18-16/h16-18H,1-15H2. The van der Waals surface area contributed by atoms with Crippen LogP contribution in [0.15, 0.2) is 0 Å². The minimum atomic E-state index is 0.834. The van der Waals surface area contributed by atoms with Crippen molar-refractivity contribution < 1.29 is 0 Å². The van der Waals surface area contributed by atoms with Gasteiger partial charge in [0.25, 0.3) is 0 Å².